The van der Waals surface area contributed by atoms with E-state index in [2.05, 4.69) is 0 Å². The maximum absolute atomic E-state index is 9.68. The predicted octanol–water partition coefficient (Wildman–Crippen LogP) is 4.87. The van der Waals surface area contributed by atoms with Crippen molar-refractivity contribution >= 4 is 21.9 Å². The van der Waals surface area contributed by atoms with Gasteiger partial charge >= 0.3 is 0 Å². The van der Waals surface area contributed by atoms with Gasteiger partial charge in [0.1, 0.15) is 18.2 Å². The van der Waals surface area contributed by atoms with Gasteiger partial charge < -0.3 is 4.42 Å². The van der Waals surface area contributed by atoms with E-state index in [0.717, 1.165) is 16.8 Å². The number of rotatable bonds is 1. The van der Waals surface area contributed by atoms with Crippen LogP contribution in [0.2, 0.25) is 0 Å². The van der Waals surface area contributed by atoms with E-state index in [0.29, 0.717) is 16.4 Å². The number of aromatic nitrogens is 1. The van der Waals surface area contributed by atoms with Gasteiger partial charge in [-0.2, -0.15) is 5.26 Å². The number of aryl methyl sites for hydroxylation is 4. The van der Waals surface area contributed by atoms with Crippen LogP contribution in [0.1, 0.15) is 30.5 Å². The molecule has 0 aliphatic carbocycles. The lowest BCUT2D eigenvalue weighted by Gasteiger charge is -2.04. The number of nitrogens with zero attached hydrogens (tertiary/aromatic N) is 2. The lowest BCUT2D eigenvalue weighted by molar-refractivity contribution is -0.660. The van der Waals surface area contributed by atoms with Crippen LogP contribution >= 0.6 is 0 Å². The van der Waals surface area contributed by atoms with E-state index in [4.69, 9.17) is 12.6 Å². The second kappa shape index (κ2) is 5.46. The molecule has 0 saturated heterocycles. The number of furan rings is 1. The molecule has 0 fully saturated rings. The van der Waals surface area contributed by atoms with Crippen LogP contribution in [0.5, 0.6) is 0 Å². The Bertz CT molecular complexity index is 1390. The van der Waals surface area contributed by atoms with Crippen molar-refractivity contribution in [2.75, 3.05) is 0 Å². The topological polar surface area (TPSA) is 40.8 Å². The monoisotopic (exact) mass is 333 g/mol. The molecule has 3 nitrogen and oxygen atoms in total. The molecular formula is C22H19N2O+. The Hall–Kier alpha value is -3.12. The van der Waals surface area contributed by atoms with Gasteiger partial charge in [-0.1, -0.05) is 12.1 Å². The van der Waals surface area contributed by atoms with Crippen molar-refractivity contribution in [2.24, 2.45) is 7.05 Å². The Kier molecular flexibility index (Phi) is 2.18. The van der Waals surface area contributed by atoms with Crippen LogP contribution in [-0.2, 0) is 7.05 Å². The summed E-state index contributed by atoms with van der Waals surface area (Å²) in [6.07, 6.45) is 1.89. The normalized spacial score (nSPS) is 15.7. The van der Waals surface area contributed by atoms with Crippen LogP contribution in [-0.4, -0.2) is 0 Å². The maximum Gasteiger partial charge on any atom is 0.216 e. The van der Waals surface area contributed by atoms with E-state index in [1.807, 2.05) is 49.0 Å². The zero-order valence-corrected chi connectivity index (χ0v) is 13.8. The zero-order chi connectivity index (χ0) is 22.7. The quantitative estimate of drug-likeness (QED) is 0.466. The molecule has 122 valence electrons. The van der Waals surface area contributed by atoms with Gasteiger partial charge in [0.15, 0.2) is 6.20 Å². The molecule has 25 heavy (non-hydrogen) atoms. The van der Waals surface area contributed by atoms with Crippen LogP contribution in [0.25, 0.3) is 33.2 Å². The molecule has 0 amide bonds. The Balaban J connectivity index is 2.26. The van der Waals surface area contributed by atoms with E-state index < -0.39 is 13.7 Å². The highest BCUT2D eigenvalue weighted by atomic mass is 16.3. The van der Waals surface area contributed by atoms with Crippen LogP contribution in [0.4, 0.5) is 0 Å². The molecule has 0 aliphatic rings. The Morgan fingerprint density at radius 1 is 1.08 bits per heavy atom. The molecule has 0 aliphatic heterocycles. The number of hydrogen-bond acceptors (Lipinski definition) is 2. The van der Waals surface area contributed by atoms with Gasteiger partial charge in [0.05, 0.1) is 17.2 Å². The van der Waals surface area contributed by atoms with Crippen molar-refractivity contribution in [1.82, 2.24) is 0 Å². The molecule has 0 atom stereocenters. The first-order chi connectivity index (χ1) is 14.4. The average molecular weight is 333 g/mol. The van der Waals surface area contributed by atoms with Crippen molar-refractivity contribution < 1.29 is 17.2 Å². The number of fused-ring (bicyclic) bond motifs is 3. The van der Waals surface area contributed by atoms with Crippen molar-refractivity contribution in [3.8, 4) is 17.3 Å². The van der Waals surface area contributed by atoms with Crippen molar-refractivity contribution in [2.45, 2.75) is 20.6 Å². The first kappa shape index (κ1) is 10.0. The van der Waals surface area contributed by atoms with Crippen LogP contribution in [0.3, 0.4) is 0 Å². The van der Waals surface area contributed by atoms with E-state index in [1.165, 1.54) is 6.07 Å². The highest BCUT2D eigenvalue weighted by Crippen LogP contribution is 2.39. The molecule has 2 heterocycles. The van der Waals surface area contributed by atoms with Crippen LogP contribution < -0.4 is 4.57 Å². The summed E-state index contributed by atoms with van der Waals surface area (Å²) >= 11 is 0. The summed E-state index contributed by atoms with van der Waals surface area (Å²) in [6, 6.07) is 12.6. The fourth-order valence-electron chi connectivity index (χ4n) is 3.29. The molecule has 0 unspecified atom stereocenters. The minimum Gasteiger partial charge on any atom is -0.455 e. The molecule has 0 bridgehead atoms. The fourth-order valence-corrected chi connectivity index (χ4v) is 3.29. The molecular weight excluding hydrogens is 308 g/mol. The molecule has 0 spiro atoms. The molecule has 0 saturated carbocycles. The molecule has 0 radical (unpaired) electrons. The summed E-state index contributed by atoms with van der Waals surface area (Å²) in [5, 5.41) is 10.6. The second-order valence-electron chi connectivity index (χ2n) is 6.10. The van der Waals surface area contributed by atoms with E-state index >= 15 is 0 Å². The predicted molar refractivity (Wildman–Crippen MR) is 99.3 cm³/mol. The van der Waals surface area contributed by atoms with Crippen molar-refractivity contribution in [3.63, 3.8) is 0 Å². The molecule has 4 rings (SSSR count). The number of nitriles is 1. The third-order valence-corrected chi connectivity index (χ3v) is 4.56. The average Bonchev–Trinajstić information content (AvgIpc) is 3.03. The van der Waals surface area contributed by atoms with Crippen molar-refractivity contribution in [1.29, 1.82) is 5.26 Å². The van der Waals surface area contributed by atoms with E-state index in [9.17, 15) is 5.26 Å². The lowest BCUT2D eigenvalue weighted by atomic mass is 9.97. The number of benzene rings is 2. The van der Waals surface area contributed by atoms with Crippen LogP contribution in [0.15, 0.2) is 47.0 Å². The third kappa shape index (κ3) is 2.15. The van der Waals surface area contributed by atoms with E-state index in [1.54, 1.807) is 12.1 Å². The molecule has 2 aromatic heterocycles. The number of hydrogen-bond donors (Lipinski definition) is 0. The van der Waals surface area contributed by atoms with Gasteiger partial charge in [0.2, 0.25) is 5.69 Å². The Labute approximate surface area is 155 Å². The van der Waals surface area contributed by atoms with E-state index in [-0.39, 0.29) is 22.3 Å². The molecule has 0 N–H and O–H groups in total. The van der Waals surface area contributed by atoms with Gasteiger partial charge in [0.25, 0.3) is 0 Å². The minimum atomic E-state index is -2.73. The Morgan fingerprint density at radius 2 is 1.96 bits per heavy atom. The van der Waals surface area contributed by atoms with Gasteiger partial charge in [0, 0.05) is 36.7 Å². The smallest absolute Gasteiger partial charge is 0.216 e. The summed E-state index contributed by atoms with van der Waals surface area (Å²) in [4.78, 5) is 0. The highest BCUT2D eigenvalue weighted by Gasteiger charge is 2.21. The second-order valence-corrected chi connectivity index (χ2v) is 6.10. The van der Waals surface area contributed by atoms with Gasteiger partial charge in [-0.15, -0.1) is 0 Å². The summed E-state index contributed by atoms with van der Waals surface area (Å²) in [5.74, 6) is 0. The third-order valence-electron chi connectivity index (χ3n) is 4.56. The first-order valence-corrected chi connectivity index (χ1v) is 7.84. The van der Waals surface area contributed by atoms with Gasteiger partial charge in [-0.05, 0) is 43.9 Å². The Morgan fingerprint density at radius 3 is 2.68 bits per heavy atom. The lowest BCUT2D eigenvalue weighted by Crippen LogP contribution is -2.30. The SMILES string of the molecule is [2H]C([2H])([2H])c1cc2c(oc3c(-c4cccc[n+]4C)c(C)ccc32)c(C([2H])([2H])[2H])c1C#N. The van der Waals surface area contributed by atoms with Gasteiger partial charge in [-0.3, -0.25) is 0 Å². The summed E-state index contributed by atoms with van der Waals surface area (Å²) in [6.45, 7) is -3.46. The molecule has 4 aromatic rings. The van der Waals surface area contributed by atoms with Crippen molar-refractivity contribution in [3.05, 3.63) is 64.8 Å². The zero-order valence-electron chi connectivity index (χ0n) is 19.8. The largest absolute Gasteiger partial charge is 0.455 e. The summed E-state index contributed by atoms with van der Waals surface area (Å²) < 4.78 is 55.6. The summed E-state index contributed by atoms with van der Waals surface area (Å²) in [7, 11) is 1.89. The minimum absolute atomic E-state index is 0.0185. The fraction of sp³-hybridized carbons (Fsp3) is 0.182. The number of pyridine rings is 1. The first-order valence-electron chi connectivity index (χ1n) is 10.8. The van der Waals surface area contributed by atoms with Crippen LogP contribution in [0, 0.1) is 32.0 Å². The standard InChI is InChI=1S/C22H19N2O/c1-13-8-9-16-17-11-14(2)18(12-23)15(3)21(17)25-22(16)20(13)19-7-5-6-10-24(19)4/h5-11H,1-4H3/q+1/i2D3,3D3. The molecule has 3 heteroatoms. The summed E-state index contributed by atoms with van der Waals surface area (Å²) in [5.41, 5.74) is 1.99. The van der Waals surface area contributed by atoms with Gasteiger partial charge in [-0.25, -0.2) is 4.57 Å². The maximum atomic E-state index is 9.68. The highest BCUT2D eigenvalue weighted by molar-refractivity contribution is 6.11. The molecule has 2 aromatic carbocycles.